The molecule has 0 saturated heterocycles. The highest BCUT2D eigenvalue weighted by atomic mass is 79.9. The van der Waals surface area contributed by atoms with Crippen LogP contribution < -0.4 is 11.1 Å². The molecule has 0 aliphatic heterocycles. The maximum atomic E-state index is 12.5. The van der Waals surface area contributed by atoms with Crippen LogP contribution in [0.15, 0.2) is 34.8 Å². The quantitative estimate of drug-likeness (QED) is 0.518. The standard InChI is InChI=1S/C23H27BrN2O2S/c1-4-23(2,3)15-8-11-17-18(13-15)29-22(20(17)21(25)28)26-19(27)12-7-14-5-9-16(24)10-6-14/h5-7,9-10,12,15H,4,8,11,13H2,1-3H3,(H2,25,28)(H,26,27). The number of fused-ring (bicyclic) bond motifs is 1. The lowest BCUT2D eigenvalue weighted by Crippen LogP contribution is -2.29. The first-order valence-electron chi connectivity index (χ1n) is 9.90. The molecule has 6 heteroatoms. The third kappa shape index (κ3) is 4.98. The van der Waals surface area contributed by atoms with E-state index < -0.39 is 5.91 Å². The Hall–Kier alpha value is -1.92. The van der Waals surface area contributed by atoms with E-state index >= 15 is 0 Å². The maximum Gasteiger partial charge on any atom is 0.251 e. The number of nitrogens with two attached hydrogens (primary N) is 1. The largest absolute Gasteiger partial charge is 0.365 e. The number of carbonyl (C=O) groups is 2. The summed E-state index contributed by atoms with van der Waals surface area (Å²) in [5.41, 5.74) is 8.37. The molecule has 0 fully saturated rings. The molecular weight excluding hydrogens is 448 g/mol. The number of hydrogen-bond donors (Lipinski definition) is 2. The molecule has 0 spiro atoms. The van der Waals surface area contributed by atoms with Gasteiger partial charge in [0.2, 0.25) is 5.91 Å². The summed E-state index contributed by atoms with van der Waals surface area (Å²) < 4.78 is 0.985. The van der Waals surface area contributed by atoms with Crippen LogP contribution in [-0.2, 0) is 17.6 Å². The highest BCUT2D eigenvalue weighted by Gasteiger charge is 2.34. The van der Waals surface area contributed by atoms with Crippen LogP contribution in [0, 0.1) is 11.3 Å². The van der Waals surface area contributed by atoms with Crippen LogP contribution in [-0.4, -0.2) is 11.8 Å². The smallest absolute Gasteiger partial charge is 0.251 e. The molecule has 3 rings (SSSR count). The molecule has 0 radical (unpaired) electrons. The summed E-state index contributed by atoms with van der Waals surface area (Å²) in [4.78, 5) is 25.8. The Balaban J connectivity index is 1.80. The van der Waals surface area contributed by atoms with Crippen LogP contribution in [0.5, 0.6) is 0 Å². The Kier molecular flexibility index (Phi) is 6.64. The van der Waals surface area contributed by atoms with E-state index in [9.17, 15) is 9.59 Å². The Labute approximate surface area is 184 Å². The summed E-state index contributed by atoms with van der Waals surface area (Å²) in [5.74, 6) is -0.164. The van der Waals surface area contributed by atoms with Crippen molar-refractivity contribution in [1.29, 1.82) is 0 Å². The summed E-state index contributed by atoms with van der Waals surface area (Å²) in [7, 11) is 0. The van der Waals surface area contributed by atoms with Crippen LogP contribution in [0.3, 0.4) is 0 Å². The second-order valence-electron chi connectivity index (χ2n) is 8.23. The van der Waals surface area contributed by atoms with E-state index in [1.807, 2.05) is 24.3 Å². The second-order valence-corrected chi connectivity index (χ2v) is 10.2. The third-order valence-corrected chi connectivity index (χ3v) is 7.76. The van der Waals surface area contributed by atoms with Gasteiger partial charge in [0.25, 0.3) is 5.91 Å². The van der Waals surface area contributed by atoms with E-state index in [2.05, 4.69) is 42.0 Å². The Morgan fingerprint density at radius 1 is 1.31 bits per heavy atom. The van der Waals surface area contributed by atoms with Gasteiger partial charge in [-0.15, -0.1) is 11.3 Å². The molecule has 4 nitrogen and oxygen atoms in total. The number of nitrogens with one attached hydrogen (secondary N) is 1. The summed E-state index contributed by atoms with van der Waals surface area (Å²) in [6.07, 6.45) is 7.16. The van der Waals surface area contributed by atoms with E-state index in [1.54, 1.807) is 6.08 Å². The van der Waals surface area contributed by atoms with Gasteiger partial charge in [-0.2, -0.15) is 0 Å². The first-order valence-corrected chi connectivity index (χ1v) is 11.5. The number of thiophene rings is 1. The van der Waals surface area contributed by atoms with Gasteiger partial charge in [-0.1, -0.05) is 55.3 Å². The van der Waals surface area contributed by atoms with Crippen molar-refractivity contribution in [3.8, 4) is 0 Å². The lowest BCUT2D eigenvalue weighted by Gasteiger charge is -2.36. The number of hydrogen-bond acceptors (Lipinski definition) is 3. The van der Waals surface area contributed by atoms with Crippen LogP contribution in [0.2, 0.25) is 0 Å². The number of anilines is 1. The fraction of sp³-hybridized carbons (Fsp3) is 0.391. The number of primary amides is 1. The van der Waals surface area contributed by atoms with Crippen molar-refractivity contribution in [1.82, 2.24) is 0 Å². The van der Waals surface area contributed by atoms with Crippen LogP contribution >= 0.6 is 27.3 Å². The van der Waals surface area contributed by atoms with Crippen molar-refractivity contribution < 1.29 is 9.59 Å². The van der Waals surface area contributed by atoms with Crippen molar-refractivity contribution >= 4 is 50.2 Å². The molecule has 2 aromatic rings. The molecule has 1 atom stereocenters. The van der Waals surface area contributed by atoms with E-state index in [1.165, 1.54) is 22.3 Å². The average molecular weight is 475 g/mol. The lowest BCUT2D eigenvalue weighted by molar-refractivity contribution is -0.111. The predicted molar refractivity (Wildman–Crippen MR) is 124 cm³/mol. The average Bonchev–Trinajstić information content (AvgIpc) is 3.04. The molecule has 1 aliphatic carbocycles. The fourth-order valence-electron chi connectivity index (χ4n) is 3.79. The van der Waals surface area contributed by atoms with Gasteiger partial charge in [0.05, 0.1) is 5.56 Å². The van der Waals surface area contributed by atoms with E-state index in [0.29, 0.717) is 16.5 Å². The maximum absolute atomic E-state index is 12.5. The summed E-state index contributed by atoms with van der Waals surface area (Å²) >= 11 is 4.89. The molecule has 2 amide bonds. The molecule has 1 aromatic heterocycles. The van der Waals surface area contributed by atoms with Crippen molar-refractivity contribution in [3.05, 3.63) is 56.4 Å². The Bertz CT molecular complexity index is 945. The fourth-order valence-corrected chi connectivity index (χ4v) is 5.39. The summed E-state index contributed by atoms with van der Waals surface area (Å²) in [6, 6.07) is 7.68. The number of rotatable bonds is 6. The van der Waals surface area contributed by atoms with Gasteiger partial charge in [0.1, 0.15) is 5.00 Å². The van der Waals surface area contributed by atoms with Gasteiger partial charge in [0, 0.05) is 15.4 Å². The molecule has 3 N–H and O–H groups in total. The molecule has 1 aliphatic rings. The zero-order chi connectivity index (χ0) is 21.2. The minimum absolute atomic E-state index is 0.255. The Morgan fingerprint density at radius 3 is 2.62 bits per heavy atom. The van der Waals surface area contributed by atoms with Crippen LogP contribution in [0.4, 0.5) is 5.00 Å². The zero-order valence-corrected chi connectivity index (χ0v) is 19.5. The molecule has 1 heterocycles. The van der Waals surface area contributed by atoms with Gasteiger partial charge < -0.3 is 11.1 Å². The number of amides is 2. The molecule has 0 bridgehead atoms. The van der Waals surface area contributed by atoms with Gasteiger partial charge >= 0.3 is 0 Å². The highest BCUT2D eigenvalue weighted by Crippen LogP contribution is 2.45. The normalized spacial score (nSPS) is 16.6. The van der Waals surface area contributed by atoms with Crippen LogP contribution in [0.25, 0.3) is 6.08 Å². The number of carbonyl (C=O) groups excluding carboxylic acids is 2. The predicted octanol–water partition coefficient (Wildman–Crippen LogP) is 5.80. The van der Waals surface area contributed by atoms with Gasteiger partial charge in [-0.05, 0) is 59.9 Å². The van der Waals surface area contributed by atoms with Crippen molar-refractivity contribution in [2.24, 2.45) is 17.1 Å². The first kappa shape index (κ1) is 21.8. The van der Waals surface area contributed by atoms with Crippen molar-refractivity contribution in [2.45, 2.75) is 46.5 Å². The second kappa shape index (κ2) is 8.84. The Morgan fingerprint density at radius 2 is 2.00 bits per heavy atom. The van der Waals surface area contributed by atoms with Gasteiger partial charge in [0.15, 0.2) is 0 Å². The van der Waals surface area contributed by atoms with E-state index in [-0.39, 0.29) is 11.3 Å². The molecule has 29 heavy (non-hydrogen) atoms. The monoisotopic (exact) mass is 474 g/mol. The highest BCUT2D eigenvalue weighted by molar-refractivity contribution is 9.10. The topological polar surface area (TPSA) is 72.2 Å². The number of halogens is 1. The minimum atomic E-state index is -0.470. The zero-order valence-electron chi connectivity index (χ0n) is 17.0. The molecular formula is C23H27BrN2O2S. The van der Waals surface area contributed by atoms with Crippen molar-refractivity contribution in [2.75, 3.05) is 5.32 Å². The minimum Gasteiger partial charge on any atom is -0.365 e. The van der Waals surface area contributed by atoms with Crippen molar-refractivity contribution in [3.63, 3.8) is 0 Å². The van der Waals surface area contributed by atoms with Gasteiger partial charge in [-0.3, -0.25) is 9.59 Å². The van der Waals surface area contributed by atoms with E-state index in [0.717, 1.165) is 41.3 Å². The summed E-state index contributed by atoms with van der Waals surface area (Å²) in [6.45, 7) is 6.84. The van der Waals surface area contributed by atoms with E-state index in [4.69, 9.17) is 5.73 Å². The number of benzene rings is 1. The molecule has 1 aromatic carbocycles. The SMILES string of the molecule is CCC(C)(C)C1CCc2c(sc(NC(=O)C=Cc3ccc(Br)cc3)c2C(N)=O)C1. The van der Waals surface area contributed by atoms with Crippen LogP contribution in [0.1, 0.15) is 60.0 Å². The third-order valence-electron chi connectivity index (χ3n) is 6.06. The van der Waals surface area contributed by atoms with Gasteiger partial charge in [-0.25, -0.2) is 0 Å². The lowest BCUT2D eigenvalue weighted by atomic mass is 9.69. The molecule has 154 valence electrons. The summed E-state index contributed by atoms with van der Waals surface area (Å²) in [5, 5.41) is 3.45. The first-order chi connectivity index (χ1) is 13.7. The molecule has 0 saturated carbocycles. The molecule has 1 unspecified atom stereocenters.